The molecule has 0 spiro atoms. The summed E-state index contributed by atoms with van der Waals surface area (Å²) in [5.74, 6) is 0.330. The van der Waals surface area contributed by atoms with Gasteiger partial charge in [-0.15, -0.1) is 0 Å². The second kappa shape index (κ2) is 12.9. The predicted molar refractivity (Wildman–Crippen MR) is 158 cm³/mol. The molecular formula is C31H36ClN5O4. The number of rotatable bonds is 10. The normalized spacial score (nSPS) is 14.5. The van der Waals surface area contributed by atoms with Crippen LogP contribution in [-0.4, -0.2) is 69.8 Å². The van der Waals surface area contributed by atoms with Gasteiger partial charge in [0.15, 0.2) is 0 Å². The number of ether oxygens (including phenoxy) is 1. The van der Waals surface area contributed by atoms with Crippen LogP contribution in [0, 0.1) is 11.3 Å². The van der Waals surface area contributed by atoms with Crippen LogP contribution in [-0.2, 0) is 19.9 Å². The minimum atomic E-state index is -0.445. The van der Waals surface area contributed by atoms with Crippen molar-refractivity contribution in [3.05, 3.63) is 80.0 Å². The SMILES string of the molecule is CCOc1cc([C@H](C)N2CCc3c(cc(CCN(C)CC(C)O)cc3-c3cn(C)c(=O)cc3Cl)C2=O)ncc1C#N. The van der Waals surface area contributed by atoms with Crippen LogP contribution in [0.15, 0.2) is 41.5 Å². The molecule has 3 heterocycles. The second-order valence-corrected chi connectivity index (χ2v) is 11.0. The number of likely N-dealkylation sites (N-methyl/N-ethyl adjacent to an activating group) is 1. The van der Waals surface area contributed by atoms with E-state index < -0.39 is 6.10 Å². The van der Waals surface area contributed by atoms with Crippen LogP contribution >= 0.6 is 11.6 Å². The summed E-state index contributed by atoms with van der Waals surface area (Å²) >= 11 is 6.59. The Balaban J connectivity index is 1.75. The highest BCUT2D eigenvalue weighted by Crippen LogP contribution is 2.37. The van der Waals surface area contributed by atoms with Gasteiger partial charge in [0.2, 0.25) is 0 Å². The first-order valence-electron chi connectivity index (χ1n) is 13.8. The average molecular weight is 578 g/mol. The molecular weight excluding hydrogens is 542 g/mol. The zero-order chi connectivity index (χ0) is 29.8. The van der Waals surface area contributed by atoms with Crippen molar-refractivity contribution in [1.29, 1.82) is 5.26 Å². The van der Waals surface area contributed by atoms with Crippen LogP contribution in [0.1, 0.15) is 59.6 Å². The zero-order valence-corrected chi connectivity index (χ0v) is 24.9. The summed E-state index contributed by atoms with van der Waals surface area (Å²) in [7, 11) is 3.63. The molecule has 0 radical (unpaired) electrons. The molecule has 1 amide bonds. The van der Waals surface area contributed by atoms with Crippen molar-refractivity contribution in [2.45, 2.75) is 45.8 Å². The minimum Gasteiger partial charge on any atom is -0.492 e. The topological polar surface area (TPSA) is 112 Å². The van der Waals surface area contributed by atoms with Gasteiger partial charge in [0.05, 0.1) is 29.5 Å². The fourth-order valence-corrected chi connectivity index (χ4v) is 5.55. The van der Waals surface area contributed by atoms with Crippen molar-refractivity contribution in [3.63, 3.8) is 0 Å². The number of carbonyl (C=O) groups is 1. The third kappa shape index (κ3) is 6.62. The van der Waals surface area contributed by atoms with Crippen LogP contribution in [0.2, 0.25) is 5.02 Å². The molecule has 216 valence electrons. The third-order valence-corrected chi connectivity index (χ3v) is 7.75. The minimum absolute atomic E-state index is 0.121. The smallest absolute Gasteiger partial charge is 0.254 e. The van der Waals surface area contributed by atoms with Gasteiger partial charge in [0.25, 0.3) is 11.5 Å². The quantitative estimate of drug-likeness (QED) is 0.388. The Morgan fingerprint density at radius 1 is 1.20 bits per heavy atom. The molecule has 9 nitrogen and oxygen atoms in total. The summed E-state index contributed by atoms with van der Waals surface area (Å²) in [4.78, 5) is 34.6. The van der Waals surface area contributed by atoms with E-state index in [0.717, 1.165) is 16.7 Å². The molecule has 1 N–H and O–H groups in total. The first-order valence-corrected chi connectivity index (χ1v) is 14.1. The number of hydrogen-bond donors (Lipinski definition) is 1. The van der Waals surface area contributed by atoms with E-state index >= 15 is 0 Å². The molecule has 4 rings (SSSR count). The summed E-state index contributed by atoms with van der Waals surface area (Å²) in [5, 5.41) is 19.5. The van der Waals surface area contributed by atoms with Crippen molar-refractivity contribution in [2.75, 3.05) is 33.3 Å². The van der Waals surface area contributed by atoms with Gasteiger partial charge in [0.1, 0.15) is 17.4 Å². The van der Waals surface area contributed by atoms with E-state index in [-0.39, 0.29) is 17.5 Å². The molecule has 2 aromatic heterocycles. The number of halogens is 1. The number of benzene rings is 1. The highest BCUT2D eigenvalue weighted by molar-refractivity contribution is 6.33. The Labute approximate surface area is 245 Å². The van der Waals surface area contributed by atoms with Gasteiger partial charge in [0, 0.05) is 62.3 Å². The molecule has 1 aliphatic rings. The summed E-state index contributed by atoms with van der Waals surface area (Å²) < 4.78 is 7.13. The van der Waals surface area contributed by atoms with Crippen molar-refractivity contribution in [2.24, 2.45) is 7.05 Å². The van der Waals surface area contributed by atoms with Gasteiger partial charge in [-0.3, -0.25) is 14.6 Å². The van der Waals surface area contributed by atoms with Crippen molar-refractivity contribution < 1.29 is 14.6 Å². The molecule has 0 saturated heterocycles. The zero-order valence-electron chi connectivity index (χ0n) is 24.1. The van der Waals surface area contributed by atoms with Gasteiger partial charge < -0.3 is 24.2 Å². The molecule has 10 heteroatoms. The van der Waals surface area contributed by atoms with Crippen molar-refractivity contribution in [1.82, 2.24) is 19.4 Å². The van der Waals surface area contributed by atoms with Crippen molar-refractivity contribution in [3.8, 4) is 22.9 Å². The van der Waals surface area contributed by atoms with E-state index in [2.05, 4.69) is 17.1 Å². The Morgan fingerprint density at radius 3 is 2.61 bits per heavy atom. The molecule has 1 aliphatic heterocycles. The maximum Gasteiger partial charge on any atom is 0.254 e. The molecule has 3 aromatic rings. The maximum absolute atomic E-state index is 14.1. The summed E-state index contributed by atoms with van der Waals surface area (Å²) in [6.45, 7) is 7.63. The molecule has 0 aliphatic carbocycles. The number of aryl methyl sites for hydroxylation is 1. The number of aromatic nitrogens is 2. The summed E-state index contributed by atoms with van der Waals surface area (Å²) in [5.41, 5.74) is 4.77. The lowest BCUT2D eigenvalue weighted by Crippen LogP contribution is -2.40. The monoisotopic (exact) mass is 577 g/mol. The van der Waals surface area contributed by atoms with Crippen LogP contribution < -0.4 is 10.3 Å². The number of fused-ring (bicyclic) bond motifs is 1. The Kier molecular flexibility index (Phi) is 9.49. The summed E-state index contributed by atoms with van der Waals surface area (Å²) in [6.07, 6.45) is 4.01. The third-order valence-electron chi connectivity index (χ3n) is 7.43. The van der Waals surface area contributed by atoms with E-state index in [0.29, 0.717) is 72.2 Å². The molecule has 1 aromatic carbocycles. The summed E-state index contributed by atoms with van der Waals surface area (Å²) in [6, 6.07) is 8.89. The number of aliphatic hydroxyl groups excluding tert-OH is 1. The Bertz CT molecular complexity index is 1540. The van der Waals surface area contributed by atoms with E-state index in [1.54, 1.807) is 31.1 Å². The molecule has 0 bridgehead atoms. The van der Waals surface area contributed by atoms with Crippen molar-refractivity contribution >= 4 is 17.5 Å². The van der Waals surface area contributed by atoms with Crippen LogP contribution in [0.25, 0.3) is 11.1 Å². The largest absolute Gasteiger partial charge is 0.492 e. The van der Waals surface area contributed by atoms with Gasteiger partial charge >= 0.3 is 0 Å². The fourth-order valence-electron chi connectivity index (χ4n) is 5.30. The fraction of sp³-hybridized carbons (Fsp3) is 0.419. The Hall–Kier alpha value is -3.71. The van der Waals surface area contributed by atoms with E-state index in [1.807, 2.05) is 31.9 Å². The first kappa shape index (κ1) is 30.3. The van der Waals surface area contributed by atoms with Gasteiger partial charge in [-0.25, -0.2) is 0 Å². The highest BCUT2D eigenvalue weighted by Gasteiger charge is 2.32. The number of aliphatic hydroxyl groups is 1. The van der Waals surface area contributed by atoms with E-state index in [4.69, 9.17) is 16.3 Å². The van der Waals surface area contributed by atoms with E-state index in [9.17, 15) is 20.0 Å². The lowest BCUT2D eigenvalue weighted by molar-refractivity contribution is 0.0669. The number of hydrogen-bond acceptors (Lipinski definition) is 7. The lowest BCUT2D eigenvalue weighted by Gasteiger charge is -2.35. The van der Waals surface area contributed by atoms with Crippen LogP contribution in [0.3, 0.4) is 0 Å². The maximum atomic E-state index is 14.1. The molecule has 1 unspecified atom stereocenters. The van der Waals surface area contributed by atoms with Gasteiger partial charge in [-0.2, -0.15) is 5.26 Å². The van der Waals surface area contributed by atoms with Gasteiger partial charge in [-0.05, 0) is 63.4 Å². The second-order valence-electron chi connectivity index (χ2n) is 10.6. The first-order chi connectivity index (χ1) is 19.5. The van der Waals surface area contributed by atoms with Crippen LogP contribution in [0.4, 0.5) is 0 Å². The average Bonchev–Trinajstić information content (AvgIpc) is 2.93. The molecule has 0 saturated carbocycles. The number of nitrogens with zero attached hydrogens (tertiary/aromatic N) is 5. The van der Waals surface area contributed by atoms with E-state index in [1.165, 1.54) is 16.8 Å². The molecule has 41 heavy (non-hydrogen) atoms. The number of nitriles is 1. The predicted octanol–water partition coefficient (Wildman–Crippen LogP) is 3.99. The molecule has 0 fully saturated rings. The Morgan fingerprint density at radius 2 is 1.93 bits per heavy atom. The molecule has 2 atom stereocenters. The standard InChI is InChI=1S/C31H36ClN5O4/c1-6-41-29-14-28(34-16-22(29)15-33)20(3)37-10-8-23-24(26-18-36(5)30(39)13-27(26)32)11-21(12-25(23)31(37)40)7-9-35(4)17-19(2)38/h11-14,16,18-20,38H,6-10,17H2,1-5H3/t19?,20-/m0/s1. The number of carbonyl (C=O) groups excluding carboxylic acids is 1. The number of pyridine rings is 2. The lowest BCUT2D eigenvalue weighted by atomic mass is 9.87. The van der Waals surface area contributed by atoms with Crippen LogP contribution in [0.5, 0.6) is 5.75 Å². The highest BCUT2D eigenvalue weighted by atomic mass is 35.5. The van der Waals surface area contributed by atoms with Gasteiger partial charge in [-0.1, -0.05) is 17.7 Å². The number of amides is 1.